The second-order valence-corrected chi connectivity index (χ2v) is 10.2. The van der Waals surface area contributed by atoms with E-state index in [9.17, 15) is 4.79 Å². The molecule has 0 radical (unpaired) electrons. The highest BCUT2D eigenvalue weighted by atomic mass is 35.5. The van der Waals surface area contributed by atoms with Crippen molar-refractivity contribution in [1.82, 2.24) is 10.2 Å². The molecule has 2 atom stereocenters. The first-order valence-electron chi connectivity index (χ1n) is 12.2. The average molecular weight is 504 g/mol. The number of carbonyl (C=O) groups excluding carboxylic acids is 1. The van der Waals surface area contributed by atoms with Gasteiger partial charge in [-0.05, 0) is 74.7 Å². The van der Waals surface area contributed by atoms with E-state index in [4.69, 9.17) is 32.7 Å². The zero-order valence-electron chi connectivity index (χ0n) is 19.3. The Morgan fingerprint density at radius 1 is 1.00 bits per heavy atom. The molecule has 2 aromatic carbocycles. The van der Waals surface area contributed by atoms with Crippen LogP contribution < -0.4 is 19.7 Å². The van der Waals surface area contributed by atoms with E-state index in [2.05, 4.69) is 27.2 Å². The lowest BCUT2D eigenvalue weighted by atomic mass is 10.0. The third-order valence-corrected chi connectivity index (χ3v) is 7.68. The highest BCUT2D eigenvalue weighted by Gasteiger charge is 2.31. The van der Waals surface area contributed by atoms with Crippen LogP contribution in [0.25, 0.3) is 0 Å². The molecule has 3 aliphatic heterocycles. The van der Waals surface area contributed by atoms with Gasteiger partial charge in [0.2, 0.25) is 5.91 Å². The summed E-state index contributed by atoms with van der Waals surface area (Å²) in [6, 6.07) is 11.8. The fourth-order valence-electron chi connectivity index (χ4n) is 5.15. The molecule has 2 fully saturated rings. The zero-order valence-corrected chi connectivity index (χ0v) is 20.8. The number of carbonyl (C=O) groups is 1. The molecule has 2 unspecified atom stereocenters. The Hall–Kier alpha value is -2.15. The van der Waals surface area contributed by atoms with Crippen LogP contribution in [0.15, 0.2) is 36.4 Å². The van der Waals surface area contributed by atoms with Crippen molar-refractivity contribution in [3.05, 3.63) is 52.0 Å². The topological polar surface area (TPSA) is 54.0 Å². The van der Waals surface area contributed by atoms with Gasteiger partial charge in [0.05, 0.1) is 16.0 Å². The van der Waals surface area contributed by atoms with Crippen molar-refractivity contribution >= 4 is 34.8 Å². The van der Waals surface area contributed by atoms with E-state index < -0.39 is 0 Å². The van der Waals surface area contributed by atoms with E-state index in [-0.39, 0.29) is 17.9 Å². The number of ether oxygens (including phenoxy) is 2. The summed E-state index contributed by atoms with van der Waals surface area (Å²) in [5, 5.41) is 4.46. The van der Waals surface area contributed by atoms with Gasteiger partial charge in [-0.25, -0.2) is 0 Å². The Labute approximate surface area is 211 Å². The van der Waals surface area contributed by atoms with Gasteiger partial charge in [0.1, 0.15) is 13.2 Å². The first-order valence-corrected chi connectivity index (χ1v) is 12.9. The summed E-state index contributed by atoms with van der Waals surface area (Å²) in [5.41, 5.74) is 2.16. The van der Waals surface area contributed by atoms with Gasteiger partial charge in [0.15, 0.2) is 11.5 Å². The molecule has 6 nitrogen and oxygen atoms in total. The zero-order chi connectivity index (χ0) is 23.5. The molecule has 5 rings (SSSR count). The smallest absolute Gasteiger partial charge is 0.225 e. The van der Waals surface area contributed by atoms with Crippen LogP contribution in [0.2, 0.25) is 10.0 Å². The Bertz CT molecular complexity index is 1030. The molecule has 2 aromatic rings. The predicted octanol–water partition coefficient (Wildman–Crippen LogP) is 4.41. The number of nitrogens with one attached hydrogen (secondary N) is 1. The summed E-state index contributed by atoms with van der Waals surface area (Å²) >= 11 is 12.3. The number of amides is 1. The highest BCUT2D eigenvalue weighted by molar-refractivity contribution is 6.42. The van der Waals surface area contributed by atoms with E-state index in [1.807, 2.05) is 24.3 Å². The maximum Gasteiger partial charge on any atom is 0.225 e. The van der Waals surface area contributed by atoms with Crippen LogP contribution >= 0.6 is 23.2 Å². The van der Waals surface area contributed by atoms with Crippen molar-refractivity contribution in [1.29, 1.82) is 0 Å². The molecule has 0 aromatic heterocycles. The molecule has 0 saturated carbocycles. The fraction of sp³-hybridized carbons (Fsp3) is 0.500. The Balaban J connectivity index is 1.24. The van der Waals surface area contributed by atoms with Gasteiger partial charge in [-0.3, -0.25) is 4.79 Å². The molecule has 3 heterocycles. The number of likely N-dealkylation sites (tertiary alicyclic amines) is 1. The van der Waals surface area contributed by atoms with Gasteiger partial charge in [0, 0.05) is 31.4 Å². The maximum atomic E-state index is 13.3. The summed E-state index contributed by atoms with van der Waals surface area (Å²) in [7, 11) is 0. The van der Waals surface area contributed by atoms with Crippen molar-refractivity contribution in [3.63, 3.8) is 0 Å². The van der Waals surface area contributed by atoms with Crippen LogP contribution in [0.4, 0.5) is 5.69 Å². The summed E-state index contributed by atoms with van der Waals surface area (Å²) < 4.78 is 11.4. The lowest BCUT2D eigenvalue weighted by Crippen LogP contribution is -2.46. The molecular weight excluding hydrogens is 473 g/mol. The Kier molecular flexibility index (Phi) is 7.37. The molecule has 34 heavy (non-hydrogen) atoms. The highest BCUT2D eigenvalue weighted by Crippen LogP contribution is 2.32. The molecule has 2 saturated heterocycles. The van der Waals surface area contributed by atoms with Crippen molar-refractivity contribution < 1.29 is 14.3 Å². The first-order chi connectivity index (χ1) is 16.5. The van der Waals surface area contributed by atoms with Crippen LogP contribution in [-0.4, -0.2) is 62.8 Å². The third kappa shape index (κ3) is 5.56. The number of benzene rings is 2. The van der Waals surface area contributed by atoms with Crippen molar-refractivity contribution in [2.24, 2.45) is 5.92 Å². The van der Waals surface area contributed by atoms with Gasteiger partial charge in [0.25, 0.3) is 0 Å². The molecule has 182 valence electrons. The molecule has 1 amide bonds. The van der Waals surface area contributed by atoms with E-state index in [1.54, 1.807) is 0 Å². The second-order valence-electron chi connectivity index (χ2n) is 9.43. The number of hydrogen-bond acceptors (Lipinski definition) is 5. The number of halogens is 2. The summed E-state index contributed by atoms with van der Waals surface area (Å²) in [5.74, 6) is 1.67. The molecule has 8 heteroatoms. The van der Waals surface area contributed by atoms with E-state index >= 15 is 0 Å². The number of fused-ring (bicyclic) bond motifs is 1. The molecule has 3 aliphatic rings. The molecule has 1 N–H and O–H groups in total. The maximum absolute atomic E-state index is 13.3. The number of anilines is 1. The van der Waals surface area contributed by atoms with Gasteiger partial charge in [-0.15, -0.1) is 0 Å². The Morgan fingerprint density at radius 3 is 2.59 bits per heavy atom. The predicted molar refractivity (Wildman–Crippen MR) is 136 cm³/mol. The first kappa shape index (κ1) is 23.6. The van der Waals surface area contributed by atoms with Gasteiger partial charge >= 0.3 is 0 Å². The minimum Gasteiger partial charge on any atom is -0.486 e. The molecule has 0 spiro atoms. The summed E-state index contributed by atoms with van der Waals surface area (Å²) in [4.78, 5) is 18.0. The Morgan fingerprint density at radius 2 is 1.79 bits per heavy atom. The number of nitrogens with zero attached hydrogens (tertiary/aromatic N) is 2. The third-order valence-electron chi connectivity index (χ3n) is 6.94. The van der Waals surface area contributed by atoms with Crippen LogP contribution in [0.5, 0.6) is 11.5 Å². The van der Waals surface area contributed by atoms with Crippen LogP contribution in [0.1, 0.15) is 24.8 Å². The fourth-order valence-corrected chi connectivity index (χ4v) is 5.44. The van der Waals surface area contributed by atoms with Crippen LogP contribution in [0, 0.1) is 5.92 Å². The quantitative estimate of drug-likeness (QED) is 0.606. The average Bonchev–Trinajstić information content (AvgIpc) is 3.53. The van der Waals surface area contributed by atoms with Gasteiger partial charge in [-0.1, -0.05) is 29.3 Å². The largest absolute Gasteiger partial charge is 0.486 e. The molecular formula is C26H31Cl2N3O3. The van der Waals surface area contributed by atoms with Crippen LogP contribution in [-0.2, 0) is 11.2 Å². The van der Waals surface area contributed by atoms with Gasteiger partial charge < -0.3 is 24.6 Å². The molecule has 0 bridgehead atoms. The normalized spacial score (nSPS) is 21.0. The minimum atomic E-state index is -0.0456. The van der Waals surface area contributed by atoms with E-state index in [0.29, 0.717) is 29.8 Å². The van der Waals surface area contributed by atoms with Crippen molar-refractivity contribution in [3.8, 4) is 11.5 Å². The van der Waals surface area contributed by atoms with Crippen LogP contribution in [0.3, 0.4) is 0 Å². The van der Waals surface area contributed by atoms with Gasteiger partial charge in [-0.2, -0.15) is 0 Å². The van der Waals surface area contributed by atoms with Crippen molar-refractivity contribution in [2.45, 2.75) is 31.7 Å². The van der Waals surface area contributed by atoms with E-state index in [0.717, 1.165) is 61.8 Å². The lowest BCUT2D eigenvalue weighted by Gasteiger charge is -2.27. The van der Waals surface area contributed by atoms with E-state index in [1.165, 1.54) is 12.8 Å². The number of hydrogen-bond donors (Lipinski definition) is 1. The monoisotopic (exact) mass is 503 g/mol. The second kappa shape index (κ2) is 10.6. The SMILES string of the molecule is O=C(NC(Cc1ccc2c(c1)OCCO2)CN1CCCC1)C1CCN(c2ccc(Cl)c(Cl)c2)C1. The minimum absolute atomic E-state index is 0.0456. The summed E-state index contributed by atoms with van der Waals surface area (Å²) in [6.45, 7) is 5.73. The summed E-state index contributed by atoms with van der Waals surface area (Å²) in [6.07, 6.45) is 4.05. The van der Waals surface area contributed by atoms with Crippen molar-refractivity contribution in [2.75, 3.05) is 50.8 Å². The standard InChI is InChI=1S/C26H31Cl2N3O3/c27-22-5-4-21(15-23(22)28)31-10-7-19(16-31)26(32)29-20(17-30-8-1-2-9-30)13-18-3-6-24-25(14-18)34-12-11-33-24/h3-6,14-15,19-20H,1-2,7-13,16-17H2,(H,29,32). The molecule has 0 aliphatic carbocycles. The lowest BCUT2D eigenvalue weighted by molar-refractivity contribution is -0.125. The number of rotatable bonds is 7.